The maximum atomic E-state index is 10.7. The highest BCUT2D eigenvalue weighted by Gasteiger charge is 2.12. The molecular weight excluding hydrogens is 299 g/mol. The van der Waals surface area contributed by atoms with Gasteiger partial charge in [-0.3, -0.25) is 0 Å². The van der Waals surface area contributed by atoms with Crippen LogP contribution in [0.1, 0.15) is 24.9 Å². The molecule has 0 saturated heterocycles. The molecule has 1 atom stereocenters. The minimum absolute atomic E-state index is 0.184. The molecule has 1 amide bonds. The predicted molar refractivity (Wildman–Crippen MR) is 84.3 cm³/mol. The Kier molecular flexibility index (Phi) is 7.55. The molecule has 6 heteroatoms. The molecule has 0 aromatic heterocycles. The second-order valence-electron chi connectivity index (χ2n) is 4.37. The van der Waals surface area contributed by atoms with Crippen molar-refractivity contribution in [3.05, 3.63) is 29.8 Å². The number of nitrogens with one attached hydrogen (secondary N) is 1. The van der Waals surface area contributed by atoms with E-state index in [0.29, 0.717) is 18.2 Å². The smallest absolute Gasteiger partial charge is 0.405 e. The Labute approximate surface area is 129 Å². The molecule has 1 aromatic carbocycles. The Morgan fingerprint density at radius 1 is 1.25 bits per heavy atom. The first-order valence-corrected chi connectivity index (χ1v) is 7.65. The van der Waals surface area contributed by atoms with Crippen LogP contribution in [0.2, 0.25) is 0 Å². The average Bonchev–Trinajstić information content (AvgIpc) is 2.44. The zero-order valence-corrected chi connectivity index (χ0v) is 13.0. The molecule has 0 aliphatic rings. The van der Waals surface area contributed by atoms with Gasteiger partial charge in [-0.2, -0.15) is 0 Å². The van der Waals surface area contributed by atoms with Crippen LogP contribution in [0.3, 0.4) is 0 Å². The Morgan fingerprint density at radius 2 is 1.80 bits per heavy atom. The van der Waals surface area contributed by atoms with E-state index in [0.717, 1.165) is 24.3 Å². The Hall–Kier alpha value is -1.13. The van der Waals surface area contributed by atoms with Crippen LogP contribution in [-0.2, 0) is 0 Å². The fourth-order valence-corrected chi connectivity index (χ4v) is 2.47. The van der Waals surface area contributed by atoms with Crippen molar-refractivity contribution in [1.29, 1.82) is 0 Å². The molecule has 112 valence electrons. The number of carboxylic acid groups (broad SMARTS) is 1. The van der Waals surface area contributed by atoms with Gasteiger partial charge in [-0.25, -0.2) is 4.79 Å². The third-order valence-electron chi connectivity index (χ3n) is 3.08. The summed E-state index contributed by atoms with van der Waals surface area (Å²) < 4.78 is 0. The molecule has 0 fully saturated rings. The van der Waals surface area contributed by atoms with E-state index >= 15 is 0 Å². The van der Waals surface area contributed by atoms with E-state index in [1.54, 1.807) is 0 Å². The first-order valence-electron chi connectivity index (χ1n) is 6.58. The number of carbonyl (C=O) groups is 1. The highest BCUT2D eigenvalue weighted by atomic mass is 35.5. The second kappa shape index (κ2) is 8.93. The molecule has 0 bridgehead atoms. The Balaban J connectivity index is 2.82. The van der Waals surface area contributed by atoms with Crippen molar-refractivity contribution in [2.24, 2.45) is 0 Å². The molecule has 0 aliphatic carbocycles. The molecule has 1 rings (SSSR count). The van der Waals surface area contributed by atoms with Crippen molar-refractivity contribution in [3.8, 4) is 0 Å². The summed E-state index contributed by atoms with van der Waals surface area (Å²) >= 11 is 11.6. The summed E-state index contributed by atoms with van der Waals surface area (Å²) in [5.41, 5.74) is 2.00. The summed E-state index contributed by atoms with van der Waals surface area (Å²) in [5.74, 6) is 1.08. The summed E-state index contributed by atoms with van der Waals surface area (Å²) in [6.07, 6.45) is -0.300. The van der Waals surface area contributed by atoms with Crippen LogP contribution in [0.15, 0.2) is 24.3 Å². The van der Waals surface area contributed by atoms with E-state index in [2.05, 4.69) is 10.2 Å². The minimum atomic E-state index is -1.01. The zero-order chi connectivity index (χ0) is 15.0. The van der Waals surface area contributed by atoms with Gasteiger partial charge in [-0.15, -0.1) is 23.2 Å². The number of alkyl halides is 2. The molecule has 0 heterocycles. The lowest BCUT2D eigenvalue weighted by Gasteiger charge is -2.24. The highest BCUT2D eigenvalue weighted by Crippen LogP contribution is 2.21. The van der Waals surface area contributed by atoms with Crippen LogP contribution < -0.4 is 10.2 Å². The van der Waals surface area contributed by atoms with Gasteiger partial charge in [0.25, 0.3) is 0 Å². The number of hydrogen-bond acceptors (Lipinski definition) is 2. The normalized spacial score (nSPS) is 11.9. The van der Waals surface area contributed by atoms with Gasteiger partial charge >= 0.3 is 6.09 Å². The number of rotatable bonds is 8. The van der Waals surface area contributed by atoms with Crippen molar-refractivity contribution in [1.82, 2.24) is 5.32 Å². The number of anilines is 1. The maximum absolute atomic E-state index is 10.7. The predicted octanol–water partition coefficient (Wildman–Crippen LogP) is 3.69. The lowest BCUT2D eigenvalue weighted by atomic mass is 10.0. The highest BCUT2D eigenvalue weighted by molar-refractivity contribution is 6.18. The van der Waals surface area contributed by atoms with E-state index in [4.69, 9.17) is 28.3 Å². The van der Waals surface area contributed by atoms with Gasteiger partial charge in [0.05, 0.1) is 6.04 Å². The maximum Gasteiger partial charge on any atom is 0.405 e. The number of halogens is 2. The van der Waals surface area contributed by atoms with Gasteiger partial charge in [-0.1, -0.05) is 19.1 Å². The van der Waals surface area contributed by atoms with Gasteiger partial charge < -0.3 is 15.3 Å². The lowest BCUT2D eigenvalue weighted by molar-refractivity contribution is 0.189. The quantitative estimate of drug-likeness (QED) is 0.719. The average molecular weight is 319 g/mol. The SMILES string of the molecule is CCC(NC(=O)O)c1ccc(N(CCCl)CCCl)cc1. The number of benzene rings is 1. The molecule has 0 spiro atoms. The summed E-state index contributed by atoms with van der Waals surface area (Å²) in [7, 11) is 0. The fraction of sp³-hybridized carbons (Fsp3) is 0.500. The topological polar surface area (TPSA) is 52.6 Å². The van der Waals surface area contributed by atoms with Crippen molar-refractivity contribution in [2.45, 2.75) is 19.4 Å². The summed E-state index contributed by atoms with van der Waals surface area (Å²) in [6.45, 7) is 3.41. The van der Waals surface area contributed by atoms with Crippen molar-refractivity contribution in [3.63, 3.8) is 0 Å². The van der Waals surface area contributed by atoms with Gasteiger partial charge in [0.1, 0.15) is 0 Å². The van der Waals surface area contributed by atoms with Crippen LogP contribution >= 0.6 is 23.2 Å². The minimum Gasteiger partial charge on any atom is -0.465 e. The fourth-order valence-electron chi connectivity index (χ4n) is 2.06. The molecule has 0 radical (unpaired) electrons. The number of hydrogen-bond donors (Lipinski definition) is 2. The standard InChI is InChI=1S/C14H20Cl2N2O2/c1-2-13(17-14(19)20)11-3-5-12(6-4-11)18(9-7-15)10-8-16/h3-6,13,17H,2,7-10H2,1H3,(H,19,20). The van der Waals surface area contributed by atoms with Crippen molar-refractivity contribution >= 4 is 35.0 Å². The molecule has 0 saturated carbocycles. The third-order valence-corrected chi connectivity index (χ3v) is 3.41. The molecule has 4 nitrogen and oxygen atoms in total. The van der Waals surface area contributed by atoms with Crippen LogP contribution in [0.25, 0.3) is 0 Å². The van der Waals surface area contributed by atoms with Gasteiger partial charge in [-0.05, 0) is 24.1 Å². The van der Waals surface area contributed by atoms with Crippen LogP contribution in [-0.4, -0.2) is 36.0 Å². The van der Waals surface area contributed by atoms with E-state index in [1.807, 2.05) is 31.2 Å². The first kappa shape index (κ1) is 16.9. The molecular formula is C14H20Cl2N2O2. The second-order valence-corrected chi connectivity index (χ2v) is 5.12. The van der Waals surface area contributed by atoms with E-state index in [9.17, 15) is 4.79 Å². The van der Waals surface area contributed by atoms with Gasteiger partial charge in [0, 0.05) is 30.5 Å². The summed E-state index contributed by atoms with van der Waals surface area (Å²) in [6, 6.07) is 7.64. The monoisotopic (exact) mass is 318 g/mol. The van der Waals surface area contributed by atoms with Crippen molar-refractivity contribution < 1.29 is 9.90 Å². The molecule has 20 heavy (non-hydrogen) atoms. The third kappa shape index (κ3) is 5.10. The Morgan fingerprint density at radius 3 is 2.20 bits per heavy atom. The molecule has 0 aliphatic heterocycles. The molecule has 1 unspecified atom stereocenters. The van der Waals surface area contributed by atoms with Crippen LogP contribution in [0.4, 0.5) is 10.5 Å². The number of nitrogens with zero attached hydrogens (tertiary/aromatic N) is 1. The van der Waals surface area contributed by atoms with E-state index < -0.39 is 6.09 Å². The van der Waals surface area contributed by atoms with E-state index in [-0.39, 0.29) is 6.04 Å². The van der Waals surface area contributed by atoms with Gasteiger partial charge in [0.15, 0.2) is 0 Å². The first-order chi connectivity index (χ1) is 9.62. The lowest BCUT2D eigenvalue weighted by Crippen LogP contribution is -2.28. The largest absolute Gasteiger partial charge is 0.465 e. The van der Waals surface area contributed by atoms with E-state index in [1.165, 1.54) is 0 Å². The summed E-state index contributed by atoms with van der Waals surface area (Å²) in [5, 5.41) is 11.3. The van der Waals surface area contributed by atoms with Crippen LogP contribution in [0.5, 0.6) is 0 Å². The van der Waals surface area contributed by atoms with Gasteiger partial charge in [0.2, 0.25) is 0 Å². The van der Waals surface area contributed by atoms with Crippen LogP contribution in [0, 0.1) is 0 Å². The molecule has 2 N–H and O–H groups in total. The zero-order valence-electron chi connectivity index (χ0n) is 11.5. The Bertz CT molecular complexity index is 406. The van der Waals surface area contributed by atoms with Crippen molar-refractivity contribution in [2.75, 3.05) is 29.7 Å². The molecule has 1 aromatic rings. The number of amides is 1. The summed E-state index contributed by atoms with van der Waals surface area (Å²) in [4.78, 5) is 12.8.